The number of piperidine rings is 1. The third-order valence-electron chi connectivity index (χ3n) is 4.80. The molecule has 142 valence electrons. The van der Waals surface area contributed by atoms with Crippen molar-refractivity contribution in [1.29, 1.82) is 0 Å². The molecule has 1 fully saturated rings. The van der Waals surface area contributed by atoms with Crippen molar-refractivity contribution in [2.24, 2.45) is 5.92 Å². The Hall–Kier alpha value is -2.67. The molecule has 2 aromatic rings. The topological polar surface area (TPSA) is 86.7 Å². The monoisotopic (exact) mass is 386 g/mol. The van der Waals surface area contributed by atoms with E-state index in [1.165, 1.54) is 11.3 Å². The van der Waals surface area contributed by atoms with Gasteiger partial charge in [-0.15, -0.1) is 11.3 Å². The van der Waals surface area contributed by atoms with Crippen LogP contribution in [0.2, 0.25) is 0 Å². The molecule has 1 aromatic carbocycles. The number of thiophene rings is 1. The molecular formula is C20H22N2O4S. The van der Waals surface area contributed by atoms with Crippen molar-refractivity contribution in [1.82, 2.24) is 4.90 Å². The second-order valence-corrected chi connectivity index (χ2v) is 7.51. The Bertz CT molecular complexity index is 844. The Labute approximate surface area is 161 Å². The van der Waals surface area contributed by atoms with E-state index < -0.39 is 11.9 Å². The number of anilines is 1. The van der Waals surface area contributed by atoms with Gasteiger partial charge >= 0.3 is 5.97 Å². The highest BCUT2D eigenvalue weighted by atomic mass is 32.1. The van der Waals surface area contributed by atoms with E-state index in [9.17, 15) is 19.5 Å². The molecular weight excluding hydrogens is 364 g/mol. The average Bonchev–Trinajstić information content (AvgIpc) is 3.15. The molecule has 27 heavy (non-hydrogen) atoms. The number of hydrogen-bond donors (Lipinski definition) is 2. The molecule has 6 nitrogen and oxygen atoms in total. The summed E-state index contributed by atoms with van der Waals surface area (Å²) in [4.78, 5) is 38.1. The van der Waals surface area contributed by atoms with Crippen LogP contribution in [0.25, 0.3) is 0 Å². The summed E-state index contributed by atoms with van der Waals surface area (Å²) in [5, 5.41) is 14.3. The van der Waals surface area contributed by atoms with Gasteiger partial charge < -0.3 is 15.3 Å². The van der Waals surface area contributed by atoms with Crippen LogP contribution in [0, 0.1) is 5.92 Å². The third-order valence-corrected chi connectivity index (χ3v) is 5.63. The number of hydrogen-bond acceptors (Lipinski definition) is 4. The normalized spacial score (nSPS) is 16.8. The van der Waals surface area contributed by atoms with Crippen molar-refractivity contribution in [3.8, 4) is 0 Å². The van der Waals surface area contributed by atoms with Crippen molar-refractivity contribution in [3.05, 3.63) is 52.4 Å². The van der Waals surface area contributed by atoms with E-state index in [2.05, 4.69) is 5.32 Å². The van der Waals surface area contributed by atoms with Gasteiger partial charge in [0, 0.05) is 18.7 Å². The van der Waals surface area contributed by atoms with Crippen LogP contribution in [-0.2, 0) is 11.2 Å². The predicted octanol–water partition coefficient (Wildman–Crippen LogP) is 3.50. The maximum absolute atomic E-state index is 12.8. The lowest BCUT2D eigenvalue weighted by atomic mass is 9.98. The number of likely N-dealkylation sites (tertiary alicyclic amines) is 1. The minimum Gasteiger partial charge on any atom is -0.481 e. The predicted molar refractivity (Wildman–Crippen MR) is 104 cm³/mol. The Kier molecular flexibility index (Phi) is 5.91. The second-order valence-electron chi connectivity index (χ2n) is 6.60. The fourth-order valence-corrected chi connectivity index (χ4v) is 3.95. The van der Waals surface area contributed by atoms with Crippen LogP contribution in [0.3, 0.4) is 0 Å². The number of carbonyl (C=O) groups is 3. The number of carbonyl (C=O) groups excluding carboxylic acids is 2. The van der Waals surface area contributed by atoms with Crippen LogP contribution in [-0.4, -0.2) is 40.9 Å². The first kappa shape index (κ1) is 19.1. The Morgan fingerprint density at radius 1 is 1.22 bits per heavy atom. The van der Waals surface area contributed by atoms with Crippen LogP contribution in [0.4, 0.5) is 5.00 Å². The summed E-state index contributed by atoms with van der Waals surface area (Å²) in [5.41, 5.74) is 2.09. The van der Waals surface area contributed by atoms with Crippen LogP contribution < -0.4 is 5.32 Å². The lowest BCUT2D eigenvalue weighted by Gasteiger charge is -2.30. The van der Waals surface area contributed by atoms with Gasteiger partial charge in [0.1, 0.15) is 5.00 Å². The number of carboxylic acid groups (broad SMARTS) is 1. The van der Waals surface area contributed by atoms with Gasteiger partial charge in [0.15, 0.2) is 0 Å². The maximum atomic E-state index is 12.8. The summed E-state index contributed by atoms with van der Waals surface area (Å²) in [6.45, 7) is 2.79. The van der Waals surface area contributed by atoms with Gasteiger partial charge in [-0.1, -0.05) is 19.1 Å². The number of amides is 2. The fraction of sp³-hybridized carbons (Fsp3) is 0.350. The zero-order chi connectivity index (χ0) is 19.4. The van der Waals surface area contributed by atoms with Gasteiger partial charge in [-0.3, -0.25) is 14.4 Å². The second kappa shape index (κ2) is 8.35. The van der Waals surface area contributed by atoms with Crippen LogP contribution >= 0.6 is 11.3 Å². The first-order valence-corrected chi connectivity index (χ1v) is 9.87. The molecule has 1 aromatic heterocycles. The van der Waals surface area contributed by atoms with Crippen molar-refractivity contribution in [3.63, 3.8) is 0 Å². The van der Waals surface area contributed by atoms with Gasteiger partial charge in [0.2, 0.25) is 0 Å². The Morgan fingerprint density at radius 2 is 1.96 bits per heavy atom. The molecule has 0 radical (unpaired) electrons. The highest BCUT2D eigenvalue weighted by Crippen LogP contribution is 2.27. The van der Waals surface area contributed by atoms with Gasteiger partial charge in [-0.2, -0.15) is 0 Å². The quantitative estimate of drug-likeness (QED) is 0.823. The summed E-state index contributed by atoms with van der Waals surface area (Å²) in [5.74, 6) is -1.91. The van der Waals surface area contributed by atoms with Crippen molar-refractivity contribution < 1.29 is 19.5 Å². The largest absolute Gasteiger partial charge is 0.481 e. The highest BCUT2D eigenvalue weighted by Gasteiger charge is 2.30. The van der Waals surface area contributed by atoms with E-state index >= 15 is 0 Å². The third kappa shape index (κ3) is 4.36. The van der Waals surface area contributed by atoms with Gasteiger partial charge in [0.05, 0.1) is 11.5 Å². The fourth-order valence-electron chi connectivity index (χ4n) is 3.18. The number of aryl methyl sites for hydroxylation is 1. The molecule has 1 saturated heterocycles. The molecule has 7 heteroatoms. The van der Waals surface area contributed by atoms with E-state index in [4.69, 9.17) is 0 Å². The first-order chi connectivity index (χ1) is 13.0. The van der Waals surface area contributed by atoms with E-state index in [-0.39, 0.29) is 18.4 Å². The lowest BCUT2D eigenvalue weighted by molar-refractivity contribution is -0.143. The number of aliphatic carboxylic acids is 1. The smallest absolute Gasteiger partial charge is 0.308 e. The Morgan fingerprint density at radius 3 is 2.63 bits per heavy atom. The molecule has 0 spiro atoms. The van der Waals surface area contributed by atoms with Crippen molar-refractivity contribution in [2.75, 3.05) is 18.4 Å². The molecule has 1 aliphatic rings. The minimum atomic E-state index is -0.873. The SMILES string of the molecule is CCc1ccc(C(=O)Nc2sccc2C(=O)N2CCCC(C(=O)O)C2)cc1. The van der Waals surface area contributed by atoms with Crippen LogP contribution in [0.5, 0.6) is 0 Å². The van der Waals surface area contributed by atoms with Crippen molar-refractivity contribution >= 4 is 34.1 Å². The molecule has 0 bridgehead atoms. The number of nitrogens with one attached hydrogen (secondary N) is 1. The summed E-state index contributed by atoms with van der Waals surface area (Å²) in [6.07, 6.45) is 2.15. The minimum absolute atomic E-state index is 0.204. The average molecular weight is 386 g/mol. The molecule has 2 heterocycles. The maximum Gasteiger partial charge on any atom is 0.308 e. The Balaban J connectivity index is 1.72. The zero-order valence-electron chi connectivity index (χ0n) is 15.1. The molecule has 1 atom stereocenters. The van der Waals surface area contributed by atoms with E-state index in [0.717, 1.165) is 12.0 Å². The summed E-state index contributed by atoms with van der Waals surface area (Å²) >= 11 is 1.28. The summed E-state index contributed by atoms with van der Waals surface area (Å²) in [7, 11) is 0. The number of benzene rings is 1. The highest BCUT2D eigenvalue weighted by molar-refractivity contribution is 7.14. The number of carboxylic acids is 1. The molecule has 2 N–H and O–H groups in total. The van der Waals surface area contributed by atoms with Gasteiger partial charge in [-0.25, -0.2) is 0 Å². The van der Waals surface area contributed by atoms with Gasteiger partial charge in [0.25, 0.3) is 11.8 Å². The summed E-state index contributed by atoms with van der Waals surface area (Å²) in [6, 6.07) is 9.04. The number of nitrogens with zero attached hydrogens (tertiary/aromatic N) is 1. The van der Waals surface area contributed by atoms with E-state index in [1.54, 1.807) is 28.5 Å². The molecule has 3 rings (SSSR count). The number of rotatable bonds is 5. The van der Waals surface area contributed by atoms with Crippen molar-refractivity contribution in [2.45, 2.75) is 26.2 Å². The van der Waals surface area contributed by atoms with Gasteiger partial charge in [-0.05, 0) is 48.4 Å². The van der Waals surface area contributed by atoms with E-state index in [1.807, 2.05) is 19.1 Å². The first-order valence-electron chi connectivity index (χ1n) is 8.99. The molecule has 0 saturated carbocycles. The zero-order valence-corrected chi connectivity index (χ0v) is 15.9. The molecule has 1 unspecified atom stereocenters. The van der Waals surface area contributed by atoms with Crippen LogP contribution in [0.15, 0.2) is 35.7 Å². The lowest BCUT2D eigenvalue weighted by Crippen LogP contribution is -2.42. The van der Waals surface area contributed by atoms with Crippen LogP contribution in [0.1, 0.15) is 46.0 Å². The molecule has 1 aliphatic heterocycles. The van der Waals surface area contributed by atoms with E-state index in [0.29, 0.717) is 35.5 Å². The molecule has 0 aliphatic carbocycles. The summed E-state index contributed by atoms with van der Waals surface area (Å²) < 4.78 is 0. The molecule has 2 amide bonds. The standard InChI is InChI=1S/C20H22N2O4S/c1-2-13-5-7-14(8-6-13)17(23)21-18-16(9-11-27-18)19(24)22-10-3-4-15(12-22)20(25)26/h5-9,11,15H,2-4,10,12H2,1H3,(H,21,23)(H,25,26).